The number of aryl methyl sites for hydroxylation is 2. The lowest BCUT2D eigenvalue weighted by Crippen LogP contribution is -2.50. The minimum atomic E-state index is -0.339. The van der Waals surface area contributed by atoms with Gasteiger partial charge in [-0.25, -0.2) is 23.3 Å². The van der Waals surface area contributed by atoms with Crippen molar-refractivity contribution in [2.75, 3.05) is 31.1 Å². The van der Waals surface area contributed by atoms with Crippen LogP contribution < -0.4 is 10.6 Å². The molecule has 8 nitrogen and oxygen atoms in total. The van der Waals surface area contributed by atoms with Gasteiger partial charge in [-0.2, -0.15) is 0 Å². The quantitative estimate of drug-likeness (QED) is 0.464. The number of thiophene rings is 1. The maximum atomic E-state index is 13.2. The zero-order chi connectivity index (χ0) is 22.5. The normalized spacial score (nSPS) is 16.5. The molecule has 6 rings (SSSR count). The van der Waals surface area contributed by atoms with Gasteiger partial charge in [0.1, 0.15) is 23.5 Å². The number of halogens is 1. The van der Waals surface area contributed by atoms with Crippen molar-refractivity contribution in [3.8, 4) is 0 Å². The molecule has 0 N–H and O–H groups in total. The van der Waals surface area contributed by atoms with E-state index in [0.717, 1.165) is 35.2 Å². The summed E-state index contributed by atoms with van der Waals surface area (Å²) >= 11 is 1.69. The van der Waals surface area contributed by atoms with Crippen molar-refractivity contribution in [2.45, 2.75) is 32.2 Å². The van der Waals surface area contributed by atoms with E-state index in [0.29, 0.717) is 31.8 Å². The predicted molar refractivity (Wildman–Crippen MR) is 124 cm³/mol. The van der Waals surface area contributed by atoms with Crippen molar-refractivity contribution < 1.29 is 9.18 Å². The minimum absolute atomic E-state index is 0.0924. The van der Waals surface area contributed by atoms with Crippen molar-refractivity contribution in [2.24, 2.45) is 0 Å². The number of benzene rings is 1. The largest absolute Gasteiger partial charge is 0.368 e. The number of hydrogen-bond donors (Lipinski definition) is 0. The standard InChI is InChI=1S/C23H23FN6O2S/c24-15-5-7-16(8-6-15)27-9-11-28(12-10-27)19(31)13-30-23(32)29-14-25-22-20(21(29)26-30)17-3-1-2-4-18(17)33-22/h5-8,14H,1-4,9-13H2. The van der Waals surface area contributed by atoms with E-state index in [1.807, 2.05) is 0 Å². The molecular weight excluding hydrogens is 443 g/mol. The Morgan fingerprint density at radius 1 is 1.06 bits per heavy atom. The first-order valence-electron chi connectivity index (χ1n) is 11.3. The van der Waals surface area contributed by atoms with E-state index in [1.165, 1.54) is 44.4 Å². The van der Waals surface area contributed by atoms with Gasteiger partial charge in [0.2, 0.25) is 5.91 Å². The van der Waals surface area contributed by atoms with Gasteiger partial charge in [0, 0.05) is 36.7 Å². The third-order valence-electron chi connectivity index (χ3n) is 6.65. The number of rotatable bonds is 3. The molecule has 1 saturated heterocycles. The molecule has 1 fully saturated rings. The molecule has 0 saturated carbocycles. The second-order valence-electron chi connectivity index (χ2n) is 8.61. The zero-order valence-electron chi connectivity index (χ0n) is 18.0. The average molecular weight is 467 g/mol. The van der Waals surface area contributed by atoms with Gasteiger partial charge in [-0.3, -0.25) is 4.79 Å². The zero-order valence-corrected chi connectivity index (χ0v) is 18.9. The predicted octanol–water partition coefficient (Wildman–Crippen LogP) is 2.47. The Labute approximate surface area is 192 Å². The minimum Gasteiger partial charge on any atom is -0.368 e. The van der Waals surface area contributed by atoms with E-state index < -0.39 is 0 Å². The molecule has 1 amide bonds. The van der Waals surface area contributed by atoms with Crippen LogP contribution in [-0.2, 0) is 24.2 Å². The SMILES string of the molecule is O=C(Cn1nc2c3c4c(sc3ncn2c1=O)CCCC4)N1CCN(c2ccc(F)cc2)CC1. The van der Waals surface area contributed by atoms with Crippen LogP contribution in [0.2, 0.25) is 0 Å². The molecule has 170 valence electrons. The van der Waals surface area contributed by atoms with E-state index in [9.17, 15) is 14.0 Å². The summed E-state index contributed by atoms with van der Waals surface area (Å²) in [6.45, 7) is 2.31. The number of nitrogens with zero attached hydrogens (tertiary/aromatic N) is 6. The van der Waals surface area contributed by atoms with E-state index in [2.05, 4.69) is 15.0 Å². The number of amides is 1. The second kappa shape index (κ2) is 7.95. The van der Waals surface area contributed by atoms with E-state index >= 15 is 0 Å². The van der Waals surface area contributed by atoms with Crippen LogP contribution in [0.4, 0.5) is 10.1 Å². The Bertz CT molecular complexity index is 1420. The molecular formula is C23H23FN6O2S. The fourth-order valence-electron chi connectivity index (χ4n) is 4.88. The number of aromatic nitrogens is 4. The molecule has 0 bridgehead atoms. The van der Waals surface area contributed by atoms with Crippen LogP contribution in [0.25, 0.3) is 15.9 Å². The number of fused-ring (bicyclic) bond motifs is 5. The van der Waals surface area contributed by atoms with Crippen molar-refractivity contribution in [3.05, 3.63) is 57.3 Å². The summed E-state index contributed by atoms with van der Waals surface area (Å²) in [7, 11) is 0. The molecule has 10 heteroatoms. The molecule has 1 aliphatic carbocycles. The van der Waals surface area contributed by atoms with Crippen LogP contribution in [-0.4, -0.2) is 56.2 Å². The van der Waals surface area contributed by atoms with Crippen LogP contribution in [0.5, 0.6) is 0 Å². The molecule has 0 atom stereocenters. The third-order valence-corrected chi connectivity index (χ3v) is 7.85. The lowest BCUT2D eigenvalue weighted by molar-refractivity contribution is -0.132. The molecule has 1 aliphatic heterocycles. The molecule has 33 heavy (non-hydrogen) atoms. The summed E-state index contributed by atoms with van der Waals surface area (Å²) in [4.78, 5) is 36.6. The Kier molecular flexibility index (Phi) is 4.90. The molecule has 2 aliphatic rings. The van der Waals surface area contributed by atoms with Gasteiger partial charge in [-0.15, -0.1) is 16.4 Å². The summed E-state index contributed by atoms with van der Waals surface area (Å²) in [6.07, 6.45) is 5.87. The van der Waals surface area contributed by atoms with Crippen LogP contribution in [0.3, 0.4) is 0 Å². The van der Waals surface area contributed by atoms with Gasteiger partial charge < -0.3 is 9.80 Å². The van der Waals surface area contributed by atoms with E-state index in [-0.39, 0.29) is 24.0 Å². The van der Waals surface area contributed by atoms with Gasteiger partial charge in [0.05, 0.1) is 5.39 Å². The highest BCUT2D eigenvalue weighted by Crippen LogP contribution is 2.36. The highest BCUT2D eigenvalue weighted by Gasteiger charge is 2.25. The number of hydrogen-bond acceptors (Lipinski definition) is 6. The first-order valence-corrected chi connectivity index (χ1v) is 12.1. The first-order chi connectivity index (χ1) is 16.1. The van der Waals surface area contributed by atoms with Gasteiger partial charge in [-0.05, 0) is 55.5 Å². The van der Waals surface area contributed by atoms with Crippen LogP contribution in [0.15, 0.2) is 35.4 Å². The van der Waals surface area contributed by atoms with Crippen molar-refractivity contribution in [1.29, 1.82) is 0 Å². The smallest absolute Gasteiger partial charge is 0.352 e. The summed E-state index contributed by atoms with van der Waals surface area (Å²) < 4.78 is 15.9. The summed E-state index contributed by atoms with van der Waals surface area (Å²) in [5.41, 5.74) is 2.46. The maximum absolute atomic E-state index is 13.2. The molecule has 0 unspecified atom stereocenters. The third kappa shape index (κ3) is 3.49. The maximum Gasteiger partial charge on any atom is 0.352 e. The molecule has 1 aromatic carbocycles. The highest BCUT2D eigenvalue weighted by molar-refractivity contribution is 7.19. The van der Waals surface area contributed by atoms with E-state index in [1.54, 1.807) is 28.4 Å². The second-order valence-corrected chi connectivity index (χ2v) is 9.70. The number of carbonyl (C=O) groups excluding carboxylic acids is 1. The molecule has 0 spiro atoms. The molecule has 4 heterocycles. The summed E-state index contributed by atoms with van der Waals surface area (Å²) in [6, 6.07) is 6.39. The average Bonchev–Trinajstić information content (AvgIpc) is 3.37. The highest BCUT2D eigenvalue weighted by atomic mass is 32.1. The fourth-order valence-corrected chi connectivity index (χ4v) is 6.10. The van der Waals surface area contributed by atoms with Gasteiger partial charge >= 0.3 is 5.69 Å². The van der Waals surface area contributed by atoms with Crippen molar-refractivity contribution in [1.82, 2.24) is 24.1 Å². The van der Waals surface area contributed by atoms with Crippen LogP contribution in [0, 0.1) is 5.82 Å². The Hall–Kier alpha value is -3.27. The van der Waals surface area contributed by atoms with Crippen molar-refractivity contribution >= 4 is 38.8 Å². The van der Waals surface area contributed by atoms with Crippen LogP contribution >= 0.6 is 11.3 Å². The lowest BCUT2D eigenvalue weighted by Gasteiger charge is -2.36. The Balaban J connectivity index is 1.22. The Morgan fingerprint density at radius 2 is 1.82 bits per heavy atom. The Morgan fingerprint density at radius 3 is 2.61 bits per heavy atom. The number of carbonyl (C=O) groups is 1. The number of anilines is 1. The van der Waals surface area contributed by atoms with Gasteiger partial charge in [0.25, 0.3) is 0 Å². The number of piperazine rings is 1. The van der Waals surface area contributed by atoms with Crippen LogP contribution in [0.1, 0.15) is 23.3 Å². The summed E-state index contributed by atoms with van der Waals surface area (Å²) in [5, 5.41) is 5.53. The van der Waals surface area contributed by atoms with Gasteiger partial charge in [-0.1, -0.05) is 0 Å². The molecule has 4 aromatic rings. The van der Waals surface area contributed by atoms with Gasteiger partial charge in [0.15, 0.2) is 5.65 Å². The monoisotopic (exact) mass is 466 g/mol. The van der Waals surface area contributed by atoms with E-state index in [4.69, 9.17) is 0 Å². The first kappa shape index (κ1) is 20.3. The lowest BCUT2D eigenvalue weighted by atomic mass is 9.97. The topological polar surface area (TPSA) is 75.7 Å². The van der Waals surface area contributed by atoms with Crippen molar-refractivity contribution in [3.63, 3.8) is 0 Å². The fraction of sp³-hybridized carbons (Fsp3) is 0.391. The summed E-state index contributed by atoms with van der Waals surface area (Å²) in [5.74, 6) is -0.392. The molecule has 0 radical (unpaired) electrons. The molecule has 3 aromatic heterocycles.